The first kappa shape index (κ1) is 15.1. The van der Waals surface area contributed by atoms with Gasteiger partial charge in [-0.25, -0.2) is 4.79 Å². The Balaban J connectivity index is 2.09. The van der Waals surface area contributed by atoms with Crippen molar-refractivity contribution in [2.24, 2.45) is 0 Å². The van der Waals surface area contributed by atoms with E-state index in [1.54, 1.807) is 24.3 Å². The van der Waals surface area contributed by atoms with E-state index >= 15 is 0 Å². The molecule has 0 atom stereocenters. The fourth-order valence-corrected chi connectivity index (χ4v) is 2.13. The third-order valence-corrected chi connectivity index (χ3v) is 3.57. The van der Waals surface area contributed by atoms with Crippen LogP contribution in [0.4, 0.5) is 0 Å². The number of carboxylic acids is 1. The van der Waals surface area contributed by atoms with Crippen LogP contribution in [-0.4, -0.2) is 17.0 Å². The van der Waals surface area contributed by atoms with Crippen molar-refractivity contribution in [1.82, 2.24) is 5.32 Å². The lowest BCUT2D eigenvalue weighted by molar-refractivity contribution is 0.0696. The maximum Gasteiger partial charge on any atom is 0.335 e. The predicted molar refractivity (Wildman–Crippen MR) is 80.8 cm³/mol. The molecule has 0 fully saturated rings. The lowest BCUT2D eigenvalue weighted by atomic mass is 10.1. The van der Waals surface area contributed by atoms with Gasteiger partial charge in [-0.15, -0.1) is 0 Å². The van der Waals surface area contributed by atoms with Gasteiger partial charge in [0.05, 0.1) is 16.1 Å². The molecule has 0 spiro atoms. The Hall–Kier alpha value is -2.33. The molecule has 0 aromatic heterocycles. The first-order chi connectivity index (χ1) is 9.99. The number of carbonyl (C=O) groups excluding carboxylic acids is 1. The zero-order valence-electron chi connectivity index (χ0n) is 11.4. The maximum atomic E-state index is 12.1. The summed E-state index contributed by atoms with van der Waals surface area (Å²) in [6.45, 7) is 2.07. The van der Waals surface area contributed by atoms with E-state index in [1.807, 2.05) is 13.0 Å². The summed E-state index contributed by atoms with van der Waals surface area (Å²) in [5.41, 5.74) is 2.14. The topological polar surface area (TPSA) is 66.4 Å². The van der Waals surface area contributed by atoms with Crippen LogP contribution in [0.3, 0.4) is 0 Å². The Bertz CT molecular complexity index is 698. The Morgan fingerprint density at radius 2 is 1.90 bits per heavy atom. The van der Waals surface area contributed by atoms with Gasteiger partial charge in [0.2, 0.25) is 0 Å². The molecule has 0 bridgehead atoms. The minimum absolute atomic E-state index is 0.190. The number of amides is 1. The van der Waals surface area contributed by atoms with Crippen molar-refractivity contribution >= 4 is 23.5 Å². The van der Waals surface area contributed by atoms with Crippen LogP contribution in [0.15, 0.2) is 42.5 Å². The molecular formula is C16H14ClNO3. The quantitative estimate of drug-likeness (QED) is 0.911. The largest absolute Gasteiger partial charge is 0.478 e. The maximum absolute atomic E-state index is 12.1. The standard InChI is InChI=1S/C16H14ClNO3/c1-10-4-2-7-13(14(10)17)15(19)18-9-11-5-3-6-12(8-11)16(20)21/h2-8H,9H2,1H3,(H,18,19)(H,20,21). The van der Waals surface area contributed by atoms with Gasteiger partial charge in [0.25, 0.3) is 5.91 Å². The smallest absolute Gasteiger partial charge is 0.335 e. The Labute approximate surface area is 127 Å². The minimum atomic E-state index is -0.995. The first-order valence-corrected chi connectivity index (χ1v) is 6.72. The summed E-state index contributed by atoms with van der Waals surface area (Å²) in [6.07, 6.45) is 0. The summed E-state index contributed by atoms with van der Waals surface area (Å²) in [5.74, 6) is -1.28. The Morgan fingerprint density at radius 1 is 1.19 bits per heavy atom. The molecule has 1 amide bonds. The fourth-order valence-electron chi connectivity index (χ4n) is 1.91. The summed E-state index contributed by atoms with van der Waals surface area (Å²) in [7, 11) is 0. The highest BCUT2D eigenvalue weighted by Crippen LogP contribution is 2.20. The molecule has 0 unspecified atom stereocenters. The highest BCUT2D eigenvalue weighted by Gasteiger charge is 2.11. The van der Waals surface area contributed by atoms with Crippen LogP contribution in [0.2, 0.25) is 5.02 Å². The Kier molecular flexibility index (Phi) is 4.60. The van der Waals surface area contributed by atoms with Crippen molar-refractivity contribution < 1.29 is 14.7 Å². The SMILES string of the molecule is Cc1cccc(C(=O)NCc2cccc(C(=O)O)c2)c1Cl. The van der Waals surface area contributed by atoms with Gasteiger partial charge in [0, 0.05) is 6.54 Å². The van der Waals surface area contributed by atoms with Crippen LogP contribution in [0.1, 0.15) is 31.8 Å². The van der Waals surface area contributed by atoms with Crippen molar-refractivity contribution in [3.05, 3.63) is 69.7 Å². The fraction of sp³-hybridized carbons (Fsp3) is 0.125. The molecule has 0 heterocycles. The molecule has 2 rings (SSSR count). The molecule has 5 heteroatoms. The number of hydrogen-bond acceptors (Lipinski definition) is 2. The zero-order valence-corrected chi connectivity index (χ0v) is 12.1. The summed E-state index contributed by atoms with van der Waals surface area (Å²) >= 11 is 6.10. The average Bonchev–Trinajstić information content (AvgIpc) is 2.48. The molecule has 0 aliphatic rings. The van der Waals surface area contributed by atoms with E-state index in [0.717, 1.165) is 5.56 Å². The van der Waals surface area contributed by atoms with Gasteiger partial charge < -0.3 is 10.4 Å². The number of halogens is 1. The van der Waals surface area contributed by atoms with Crippen LogP contribution in [0, 0.1) is 6.92 Å². The number of hydrogen-bond donors (Lipinski definition) is 2. The van der Waals surface area contributed by atoms with Crippen molar-refractivity contribution in [2.45, 2.75) is 13.5 Å². The second-order valence-corrected chi connectivity index (χ2v) is 5.00. The predicted octanol–water partition coefficient (Wildman–Crippen LogP) is 3.28. The highest BCUT2D eigenvalue weighted by molar-refractivity contribution is 6.34. The van der Waals surface area contributed by atoms with E-state index in [1.165, 1.54) is 12.1 Å². The summed E-state index contributed by atoms with van der Waals surface area (Å²) < 4.78 is 0. The molecule has 2 aromatic carbocycles. The van der Waals surface area contributed by atoms with Crippen molar-refractivity contribution in [2.75, 3.05) is 0 Å². The summed E-state index contributed by atoms with van der Waals surface area (Å²) in [5, 5.41) is 12.1. The molecule has 0 aliphatic carbocycles. The van der Waals surface area contributed by atoms with E-state index in [9.17, 15) is 9.59 Å². The monoisotopic (exact) mass is 303 g/mol. The second-order valence-electron chi connectivity index (χ2n) is 4.62. The van der Waals surface area contributed by atoms with Crippen LogP contribution in [0.5, 0.6) is 0 Å². The number of aryl methyl sites for hydroxylation is 1. The molecule has 0 radical (unpaired) electrons. The number of carboxylic acid groups (broad SMARTS) is 1. The van der Waals surface area contributed by atoms with Gasteiger partial charge in [0.15, 0.2) is 0 Å². The molecule has 21 heavy (non-hydrogen) atoms. The van der Waals surface area contributed by atoms with Crippen LogP contribution in [-0.2, 0) is 6.54 Å². The number of nitrogens with one attached hydrogen (secondary N) is 1. The normalized spacial score (nSPS) is 10.2. The number of carbonyl (C=O) groups is 2. The average molecular weight is 304 g/mol. The van der Waals surface area contributed by atoms with Crippen molar-refractivity contribution in [3.63, 3.8) is 0 Å². The third-order valence-electron chi connectivity index (χ3n) is 3.06. The zero-order chi connectivity index (χ0) is 15.4. The third kappa shape index (κ3) is 3.61. The lowest BCUT2D eigenvalue weighted by Gasteiger charge is -2.08. The van der Waals surface area contributed by atoms with E-state index in [2.05, 4.69) is 5.32 Å². The van der Waals surface area contributed by atoms with Gasteiger partial charge in [-0.3, -0.25) is 4.79 Å². The molecular weight excluding hydrogens is 290 g/mol. The molecule has 4 nitrogen and oxygen atoms in total. The molecule has 108 valence electrons. The van der Waals surface area contributed by atoms with Gasteiger partial charge in [-0.1, -0.05) is 35.9 Å². The van der Waals surface area contributed by atoms with E-state index in [-0.39, 0.29) is 18.0 Å². The van der Waals surface area contributed by atoms with E-state index < -0.39 is 5.97 Å². The number of rotatable bonds is 4. The number of benzene rings is 2. The van der Waals surface area contributed by atoms with Gasteiger partial charge in [0.1, 0.15) is 0 Å². The number of aromatic carboxylic acids is 1. The second kappa shape index (κ2) is 6.41. The van der Waals surface area contributed by atoms with Crippen LogP contribution < -0.4 is 5.32 Å². The van der Waals surface area contributed by atoms with Crippen LogP contribution in [0.25, 0.3) is 0 Å². The van der Waals surface area contributed by atoms with Gasteiger partial charge in [-0.2, -0.15) is 0 Å². The molecule has 2 aromatic rings. The minimum Gasteiger partial charge on any atom is -0.478 e. The van der Waals surface area contributed by atoms with Crippen molar-refractivity contribution in [1.29, 1.82) is 0 Å². The molecule has 0 aliphatic heterocycles. The molecule has 0 saturated carbocycles. The van der Waals surface area contributed by atoms with E-state index in [0.29, 0.717) is 16.1 Å². The van der Waals surface area contributed by atoms with E-state index in [4.69, 9.17) is 16.7 Å². The van der Waals surface area contributed by atoms with Crippen LogP contribution >= 0.6 is 11.6 Å². The first-order valence-electron chi connectivity index (χ1n) is 6.34. The van der Waals surface area contributed by atoms with Gasteiger partial charge in [-0.05, 0) is 36.2 Å². The Morgan fingerprint density at radius 3 is 2.62 bits per heavy atom. The highest BCUT2D eigenvalue weighted by atomic mass is 35.5. The molecule has 0 saturated heterocycles. The van der Waals surface area contributed by atoms with Crippen molar-refractivity contribution in [3.8, 4) is 0 Å². The molecule has 2 N–H and O–H groups in total. The van der Waals surface area contributed by atoms with Gasteiger partial charge >= 0.3 is 5.97 Å². The summed E-state index contributed by atoms with van der Waals surface area (Å²) in [4.78, 5) is 23.0. The lowest BCUT2D eigenvalue weighted by Crippen LogP contribution is -2.23. The summed E-state index contributed by atoms with van der Waals surface area (Å²) in [6, 6.07) is 11.7.